The Hall–Kier alpha value is -4.45. The summed E-state index contributed by atoms with van der Waals surface area (Å²) in [6.45, 7) is 4.93. The number of amides is 4. The number of hydrogen-bond donors (Lipinski definition) is 3. The first kappa shape index (κ1) is 37.8. The smallest absolute Gasteiger partial charge is 0.274 e. The zero-order valence-electron chi connectivity index (χ0n) is 30.0. The fourth-order valence-corrected chi connectivity index (χ4v) is 9.00. The van der Waals surface area contributed by atoms with E-state index in [1.165, 1.54) is 17.0 Å². The summed E-state index contributed by atoms with van der Waals surface area (Å²) < 4.78 is 54.0. The number of aromatic nitrogens is 3. The number of fused-ring (bicyclic) bond motifs is 3. The lowest BCUT2D eigenvalue weighted by molar-refractivity contribution is -0.141. The molecule has 18 heteroatoms. The Morgan fingerprint density at radius 1 is 1.11 bits per heavy atom. The lowest BCUT2D eigenvalue weighted by atomic mass is 10.0. The summed E-state index contributed by atoms with van der Waals surface area (Å²) in [7, 11) is -3.92. The van der Waals surface area contributed by atoms with Crippen molar-refractivity contribution >= 4 is 60.6 Å². The van der Waals surface area contributed by atoms with Crippen molar-refractivity contribution in [3.8, 4) is 5.88 Å². The molecule has 3 N–H and O–H groups in total. The summed E-state index contributed by atoms with van der Waals surface area (Å²) in [5.74, 6) is -3.12. The quantitative estimate of drug-likeness (QED) is 0.294. The van der Waals surface area contributed by atoms with Crippen LogP contribution in [0.1, 0.15) is 85.3 Å². The largest absolute Gasteiger partial charge is 0.471 e. The summed E-state index contributed by atoms with van der Waals surface area (Å²) >= 11 is 3.32. The standard InChI is InChI=1S/C36H41BrFN7O8S/c1-18-20(3)53-43-29(18)32(47)40-26-10-8-6-4-5-7-9-21-16-36(21,35(49)44-54(50,51)24-11-12-24)42-31(46)28-15-23(17-45(28)34(26)48)52-33-19(2)39-30-25(37)13-22(38)14-27(30)41-33/h7,9,13-14,21,23-24,26,28H,4-6,8,10-12,15-17H2,1-3H3,(H,40,47)(H,42,46)(H,44,49)/b9-7-/t21-,23-,26+,28+,36-/m1/s1. The van der Waals surface area contributed by atoms with Gasteiger partial charge in [-0.15, -0.1) is 0 Å². The van der Waals surface area contributed by atoms with Crippen molar-refractivity contribution in [2.45, 2.75) is 108 Å². The molecule has 0 spiro atoms. The second kappa shape index (κ2) is 14.7. The van der Waals surface area contributed by atoms with Crippen LogP contribution < -0.4 is 20.1 Å². The Kier molecular flexibility index (Phi) is 10.3. The number of nitrogens with zero attached hydrogens (tertiary/aromatic N) is 4. The molecule has 4 amide bonds. The molecule has 0 radical (unpaired) electrons. The number of halogens is 2. The van der Waals surface area contributed by atoms with E-state index >= 15 is 0 Å². The SMILES string of the molecule is Cc1nc2c(Br)cc(F)cc2nc1O[C@@H]1C[C@H]2C(=O)N[C@]3(C(=O)NS(=O)(=O)C4CC4)C[C@H]3/C=C\CCCCC[C@H](NC(=O)c3noc(C)c3C)C(=O)N2C1. The van der Waals surface area contributed by atoms with Gasteiger partial charge in [0.25, 0.3) is 11.8 Å². The van der Waals surface area contributed by atoms with Gasteiger partial charge in [-0.2, -0.15) is 0 Å². The van der Waals surface area contributed by atoms with Gasteiger partial charge in [0, 0.05) is 28.4 Å². The van der Waals surface area contributed by atoms with Gasteiger partial charge in [-0.25, -0.2) is 22.8 Å². The highest BCUT2D eigenvalue weighted by Gasteiger charge is 2.62. The summed E-state index contributed by atoms with van der Waals surface area (Å²) in [5, 5.41) is 8.87. The minimum absolute atomic E-state index is 0.0373. The molecule has 2 saturated carbocycles. The maximum atomic E-state index is 14.5. The molecule has 4 aliphatic rings. The predicted octanol–water partition coefficient (Wildman–Crippen LogP) is 3.60. The monoisotopic (exact) mass is 829 g/mol. The molecule has 54 heavy (non-hydrogen) atoms. The molecule has 1 aromatic carbocycles. The predicted molar refractivity (Wildman–Crippen MR) is 195 cm³/mol. The average molecular weight is 831 g/mol. The maximum absolute atomic E-state index is 14.5. The summed E-state index contributed by atoms with van der Waals surface area (Å²) in [6.07, 6.45) is 6.99. The number of rotatable bonds is 7. The second-order valence-electron chi connectivity index (χ2n) is 14.6. The van der Waals surface area contributed by atoms with Crippen LogP contribution in [0.5, 0.6) is 5.88 Å². The number of carbonyl (C=O) groups is 4. The van der Waals surface area contributed by atoms with Crippen molar-refractivity contribution in [2.75, 3.05) is 6.54 Å². The van der Waals surface area contributed by atoms with Crippen LogP contribution in [-0.2, 0) is 24.4 Å². The molecule has 2 aromatic heterocycles. The number of carbonyl (C=O) groups excluding carboxylic acids is 4. The van der Waals surface area contributed by atoms with Gasteiger partial charge in [0.2, 0.25) is 27.7 Å². The van der Waals surface area contributed by atoms with Crippen LogP contribution in [-0.4, -0.2) is 87.6 Å². The third-order valence-electron chi connectivity index (χ3n) is 10.6. The number of benzene rings is 1. The number of nitrogens with one attached hydrogen (secondary N) is 3. The van der Waals surface area contributed by atoms with Crippen LogP contribution in [0, 0.1) is 32.5 Å². The Balaban J connectivity index is 1.20. The summed E-state index contributed by atoms with van der Waals surface area (Å²) in [5.41, 5.74) is 0.0653. The highest BCUT2D eigenvalue weighted by Crippen LogP contribution is 2.46. The number of ether oxygens (including phenoxy) is 1. The van der Waals surface area contributed by atoms with Crippen molar-refractivity contribution < 1.29 is 41.2 Å². The van der Waals surface area contributed by atoms with E-state index in [0.717, 1.165) is 12.8 Å². The Morgan fingerprint density at radius 3 is 2.61 bits per heavy atom. The van der Waals surface area contributed by atoms with Crippen molar-refractivity contribution in [3.63, 3.8) is 0 Å². The molecule has 4 heterocycles. The van der Waals surface area contributed by atoms with Gasteiger partial charge in [-0.1, -0.05) is 30.2 Å². The van der Waals surface area contributed by atoms with Crippen molar-refractivity contribution in [3.05, 3.63) is 57.3 Å². The van der Waals surface area contributed by atoms with E-state index in [1.807, 2.05) is 12.2 Å². The number of sulfonamides is 1. The molecule has 0 bridgehead atoms. The normalized spacial score (nSPS) is 26.9. The lowest BCUT2D eigenvalue weighted by Crippen LogP contribution is -2.58. The molecular weight excluding hydrogens is 789 g/mol. The fourth-order valence-electron chi connectivity index (χ4n) is 7.13. The van der Waals surface area contributed by atoms with Crippen LogP contribution in [0.25, 0.3) is 11.0 Å². The Labute approximate surface area is 319 Å². The van der Waals surface area contributed by atoms with Gasteiger partial charge >= 0.3 is 0 Å². The second-order valence-corrected chi connectivity index (χ2v) is 17.4. The minimum atomic E-state index is -3.92. The molecule has 5 atom stereocenters. The van der Waals surface area contributed by atoms with Gasteiger partial charge in [0.15, 0.2) is 5.69 Å². The summed E-state index contributed by atoms with van der Waals surface area (Å²) in [4.78, 5) is 66.4. The van der Waals surface area contributed by atoms with Gasteiger partial charge in [-0.3, -0.25) is 23.9 Å². The highest BCUT2D eigenvalue weighted by atomic mass is 79.9. The van der Waals surface area contributed by atoms with Crippen LogP contribution >= 0.6 is 15.9 Å². The van der Waals surface area contributed by atoms with Gasteiger partial charge < -0.3 is 24.8 Å². The number of allylic oxidation sites excluding steroid dienone is 1. The molecule has 7 rings (SSSR count). The van der Waals surface area contributed by atoms with E-state index in [4.69, 9.17) is 9.26 Å². The van der Waals surface area contributed by atoms with Gasteiger partial charge in [-0.05, 0) is 81.3 Å². The van der Waals surface area contributed by atoms with Gasteiger partial charge in [0.05, 0.1) is 17.3 Å². The molecule has 3 aromatic rings. The van der Waals surface area contributed by atoms with Crippen LogP contribution in [0.3, 0.4) is 0 Å². The zero-order chi connectivity index (χ0) is 38.5. The average Bonchev–Trinajstić information content (AvgIpc) is 4.02. The van der Waals surface area contributed by atoms with Gasteiger partial charge in [0.1, 0.15) is 46.5 Å². The Bertz CT molecular complexity index is 2180. The van der Waals surface area contributed by atoms with E-state index in [-0.39, 0.29) is 42.9 Å². The topological polar surface area (TPSA) is 203 Å². The lowest BCUT2D eigenvalue weighted by Gasteiger charge is -2.29. The van der Waals surface area contributed by atoms with Crippen LogP contribution in [0.15, 0.2) is 33.3 Å². The van der Waals surface area contributed by atoms with E-state index in [2.05, 4.69) is 46.4 Å². The van der Waals surface area contributed by atoms with Crippen molar-refractivity contribution in [1.82, 2.24) is 35.4 Å². The molecule has 15 nitrogen and oxygen atoms in total. The van der Waals surface area contributed by atoms with E-state index in [0.29, 0.717) is 52.7 Å². The summed E-state index contributed by atoms with van der Waals surface area (Å²) in [6, 6.07) is 0.256. The van der Waals surface area contributed by atoms with Crippen LogP contribution in [0.2, 0.25) is 0 Å². The number of hydrogen-bond acceptors (Lipinski definition) is 11. The minimum Gasteiger partial charge on any atom is -0.471 e. The molecule has 2 aliphatic carbocycles. The van der Waals surface area contributed by atoms with Crippen molar-refractivity contribution in [1.29, 1.82) is 0 Å². The first-order valence-corrected chi connectivity index (χ1v) is 20.4. The fraction of sp³-hybridized carbons (Fsp3) is 0.528. The molecule has 3 fully saturated rings. The highest BCUT2D eigenvalue weighted by molar-refractivity contribution is 9.10. The van der Waals surface area contributed by atoms with E-state index < -0.39 is 74.4 Å². The third-order valence-corrected chi connectivity index (χ3v) is 13.0. The maximum Gasteiger partial charge on any atom is 0.274 e. The van der Waals surface area contributed by atoms with E-state index in [1.54, 1.807) is 20.8 Å². The van der Waals surface area contributed by atoms with Crippen LogP contribution in [0.4, 0.5) is 4.39 Å². The molecule has 288 valence electrons. The Morgan fingerprint density at radius 2 is 1.89 bits per heavy atom. The number of aryl methyl sites for hydroxylation is 2. The van der Waals surface area contributed by atoms with Crippen molar-refractivity contribution in [2.24, 2.45) is 5.92 Å². The first-order valence-electron chi connectivity index (χ1n) is 18.1. The molecular formula is C36H41BrFN7O8S. The zero-order valence-corrected chi connectivity index (χ0v) is 32.4. The first-order chi connectivity index (χ1) is 25.7. The third kappa shape index (κ3) is 7.59. The molecule has 0 unspecified atom stereocenters. The van der Waals surface area contributed by atoms with E-state index in [9.17, 15) is 32.0 Å². The molecule has 2 aliphatic heterocycles. The molecule has 1 saturated heterocycles.